The van der Waals surface area contributed by atoms with E-state index in [0.717, 1.165) is 4.47 Å². The molecule has 0 amide bonds. The molecule has 0 heterocycles. The second-order valence-corrected chi connectivity index (χ2v) is 6.81. The summed E-state index contributed by atoms with van der Waals surface area (Å²) in [5.74, 6) is 0. The summed E-state index contributed by atoms with van der Waals surface area (Å²) in [6, 6.07) is 28.4. The third kappa shape index (κ3) is 1.83. The molecule has 0 N–H and O–H groups in total. The zero-order valence-electron chi connectivity index (χ0n) is 12.4. The van der Waals surface area contributed by atoms with Gasteiger partial charge in [0.15, 0.2) is 0 Å². The highest BCUT2D eigenvalue weighted by Gasteiger charge is 2.14. The lowest BCUT2D eigenvalue weighted by Crippen LogP contribution is -1.88. The number of benzene rings is 5. The minimum absolute atomic E-state index is 1.16. The lowest BCUT2D eigenvalue weighted by atomic mass is 9.89. The molecule has 0 fully saturated rings. The molecule has 0 aromatic heterocycles. The largest absolute Gasteiger partial charge is 0.0622 e. The Balaban J connectivity index is 2.08. The Hall–Kier alpha value is -2.38. The second-order valence-electron chi connectivity index (χ2n) is 5.96. The summed E-state index contributed by atoms with van der Waals surface area (Å²) in [5, 5.41) is 7.91. The fraction of sp³-hybridized carbons (Fsp3) is 0. The maximum Gasteiger partial charge on any atom is 0.0260 e. The molecule has 0 radical (unpaired) electrons. The lowest BCUT2D eigenvalue weighted by Gasteiger charge is -2.15. The first-order valence-electron chi connectivity index (χ1n) is 7.74. The van der Waals surface area contributed by atoms with E-state index in [0.29, 0.717) is 0 Å². The number of hydrogen-bond acceptors (Lipinski definition) is 0. The number of rotatable bonds is 1. The fourth-order valence-electron chi connectivity index (χ4n) is 3.67. The SMILES string of the molecule is Brc1cc2cccc3c(-c4ccccc4)cc4cccc1c4c23. The molecule has 0 saturated heterocycles. The maximum absolute atomic E-state index is 3.74. The van der Waals surface area contributed by atoms with E-state index in [-0.39, 0.29) is 0 Å². The minimum atomic E-state index is 1.16. The Labute approximate surface area is 142 Å². The van der Waals surface area contributed by atoms with Crippen molar-refractivity contribution in [1.29, 1.82) is 0 Å². The molecule has 0 aliphatic carbocycles. The topological polar surface area (TPSA) is 0 Å². The summed E-state index contributed by atoms with van der Waals surface area (Å²) in [6.07, 6.45) is 0. The van der Waals surface area contributed by atoms with Crippen LogP contribution < -0.4 is 0 Å². The van der Waals surface area contributed by atoms with Crippen molar-refractivity contribution in [1.82, 2.24) is 0 Å². The van der Waals surface area contributed by atoms with Crippen LogP contribution in [0.5, 0.6) is 0 Å². The van der Waals surface area contributed by atoms with Gasteiger partial charge in [-0.05, 0) is 55.6 Å². The Morgan fingerprint density at radius 3 is 2.00 bits per heavy atom. The van der Waals surface area contributed by atoms with Crippen molar-refractivity contribution in [3.8, 4) is 11.1 Å². The van der Waals surface area contributed by atoms with Gasteiger partial charge < -0.3 is 0 Å². The van der Waals surface area contributed by atoms with Crippen LogP contribution in [0.4, 0.5) is 0 Å². The van der Waals surface area contributed by atoms with Crippen molar-refractivity contribution in [3.63, 3.8) is 0 Å². The number of hydrogen-bond donors (Lipinski definition) is 0. The van der Waals surface area contributed by atoms with Gasteiger partial charge in [0, 0.05) is 4.47 Å². The first kappa shape index (κ1) is 13.1. The van der Waals surface area contributed by atoms with Crippen molar-refractivity contribution in [3.05, 3.63) is 83.3 Å². The van der Waals surface area contributed by atoms with Crippen molar-refractivity contribution in [2.24, 2.45) is 0 Å². The van der Waals surface area contributed by atoms with Gasteiger partial charge in [0.05, 0.1) is 0 Å². The molecule has 5 rings (SSSR count). The van der Waals surface area contributed by atoms with Crippen LogP contribution >= 0.6 is 15.9 Å². The summed E-state index contributed by atoms with van der Waals surface area (Å²) >= 11 is 3.74. The zero-order valence-corrected chi connectivity index (χ0v) is 14.0. The third-order valence-corrected chi connectivity index (χ3v) is 5.31. The average molecular weight is 357 g/mol. The molecule has 5 aromatic carbocycles. The lowest BCUT2D eigenvalue weighted by molar-refractivity contribution is 1.67. The van der Waals surface area contributed by atoms with E-state index >= 15 is 0 Å². The Kier molecular flexibility index (Phi) is 2.74. The van der Waals surface area contributed by atoms with Crippen molar-refractivity contribution in [2.75, 3.05) is 0 Å². The quantitative estimate of drug-likeness (QED) is 0.283. The van der Waals surface area contributed by atoms with E-state index in [9.17, 15) is 0 Å². The van der Waals surface area contributed by atoms with Gasteiger partial charge in [-0.15, -0.1) is 0 Å². The van der Waals surface area contributed by atoms with Gasteiger partial charge in [-0.2, -0.15) is 0 Å². The molecule has 1 heteroatoms. The molecule has 0 saturated carbocycles. The van der Waals surface area contributed by atoms with Crippen molar-refractivity contribution in [2.45, 2.75) is 0 Å². The van der Waals surface area contributed by atoms with E-state index in [1.807, 2.05) is 0 Å². The highest BCUT2D eigenvalue weighted by molar-refractivity contribution is 9.10. The minimum Gasteiger partial charge on any atom is -0.0622 e. The van der Waals surface area contributed by atoms with Crippen LogP contribution in [0.25, 0.3) is 43.4 Å². The van der Waals surface area contributed by atoms with Crippen LogP contribution in [0.3, 0.4) is 0 Å². The molecule has 0 atom stereocenters. The molecule has 0 nitrogen and oxygen atoms in total. The van der Waals surface area contributed by atoms with E-state index in [4.69, 9.17) is 0 Å². The molecule has 23 heavy (non-hydrogen) atoms. The molecule has 0 spiro atoms. The smallest absolute Gasteiger partial charge is 0.0260 e. The van der Waals surface area contributed by atoms with Gasteiger partial charge in [-0.1, -0.05) is 82.7 Å². The molecule has 0 unspecified atom stereocenters. The summed E-state index contributed by atoms with van der Waals surface area (Å²) in [5.41, 5.74) is 2.57. The first-order valence-corrected chi connectivity index (χ1v) is 8.54. The van der Waals surface area contributed by atoms with E-state index in [2.05, 4.69) is 94.8 Å². The highest BCUT2D eigenvalue weighted by Crippen LogP contribution is 2.42. The van der Waals surface area contributed by atoms with Gasteiger partial charge in [-0.3, -0.25) is 0 Å². The molecule has 0 bridgehead atoms. The molecule has 0 aliphatic heterocycles. The molecule has 0 aliphatic rings. The normalized spacial score (nSPS) is 11.7. The summed E-state index contributed by atoms with van der Waals surface area (Å²) in [4.78, 5) is 0. The van der Waals surface area contributed by atoms with Crippen LogP contribution in [0.1, 0.15) is 0 Å². The first-order chi connectivity index (χ1) is 11.3. The van der Waals surface area contributed by atoms with Crippen LogP contribution in [0, 0.1) is 0 Å². The third-order valence-electron chi connectivity index (χ3n) is 4.66. The van der Waals surface area contributed by atoms with Crippen molar-refractivity contribution < 1.29 is 0 Å². The standard InChI is InChI=1S/C22H13Br/c23-20-13-16-9-4-10-17-19(14-6-2-1-3-7-14)12-15-8-5-11-18(20)22(15)21(16)17/h1-13H. The van der Waals surface area contributed by atoms with Crippen LogP contribution in [-0.4, -0.2) is 0 Å². The molecule has 108 valence electrons. The predicted molar refractivity (Wildman–Crippen MR) is 103 cm³/mol. The van der Waals surface area contributed by atoms with E-state index in [1.165, 1.54) is 43.4 Å². The molecular weight excluding hydrogens is 344 g/mol. The Morgan fingerprint density at radius 1 is 0.565 bits per heavy atom. The monoisotopic (exact) mass is 356 g/mol. The summed E-state index contributed by atoms with van der Waals surface area (Å²) < 4.78 is 1.16. The van der Waals surface area contributed by atoms with Crippen LogP contribution in [0.2, 0.25) is 0 Å². The second kappa shape index (κ2) is 4.81. The zero-order chi connectivity index (χ0) is 15.4. The highest BCUT2D eigenvalue weighted by atomic mass is 79.9. The van der Waals surface area contributed by atoms with Crippen molar-refractivity contribution >= 4 is 48.2 Å². The van der Waals surface area contributed by atoms with Crippen LogP contribution in [0.15, 0.2) is 83.3 Å². The molecule has 5 aromatic rings. The van der Waals surface area contributed by atoms with E-state index < -0.39 is 0 Å². The van der Waals surface area contributed by atoms with Crippen LogP contribution in [-0.2, 0) is 0 Å². The fourth-order valence-corrected chi connectivity index (χ4v) is 4.24. The average Bonchev–Trinajstić information content (AvgIpc) is 2.61. The Bertz CT molecular complexity index is 1160. The summed E-state index contributed by atoms with van der Waals surface area (Å²) in [6.45, 7) is 0. The van der Waals surface area contributed by atoms with Gasteiger partial charge in [0.25, 0.3) is 0 Å². The Morgan fingerprint density at radius 2 is 1.22 bits per heavy atom. The predicted octanol–water partition coefficient (Wildman–Crippen LogP) is 7.01. The van der Waals surface area contributed by atoms with Gasteiger partial charge in [-0.25, -0.2) is 0 Å². The summed E-state index contributed by atoms with van der Waals surface area (Å²) in [7, 11) is 0. The maximum atomic E-state index is 3.74. The number of halogens is 1. The van der Waals surface area contributed by atoms with Gasteiger partial charge in [0.2, 0.25) is 0 Å². The van der Waals surface area contributed by atoms with Gasteiger partial charge in [0.1, 0.15) is 0 Å². The molecular formula is C22H13Br. The van der Waals surface area contributed by atoms with Gasteiger partial charge >= 0.3 is 0 Å². The van der Waals surface area contributed by atoms with E-state index in [1.54, 1.807) is 0 Å².